The Labute approximate surface area is 168 Å². The molecule has 8 nitrogen and oxygen atoms in total. The molecule has 1 aromatic carbocycles. The van der Waals surface area contributed by atoms with Crippen molar-refractivity contribution in [1.29, 1.82) is 0 Å². The maximum atomic E-state index is 12.9. The number of hydrogen-bond acceptors (Lipinski definition) is 5. The zero-order chi connectivity index (χ0) is 20.9. The Morgan fingerprint density at radius 1 is 1.29 bits per heavy atom. The van der Waals surface area contributed by atoms with Gasteiger partial charge in [0.15, 0.2) is 11.5 Å². The van der Waals surface area contributed by atoms with Crippen LogP contribution in [0.1, 0.15) is 37.8 Å². The van der Waals surface area contributed by atoms with Gasteiger partial charge < -0.3 is 14.8 Å². The largest absolute Gasteiger partial charge is 0.493 e. The van der Waals surface area contributed by atoms with Gasteiger partial charge in [0, 0.05) is 27.2 Å². The third-order valence-electron chi connectivity index (χ3n) is 5.08. The number of carbonyl (C=O) groups is 1. The Morgan fingerprint density at radius 3 is 2.54 bits per heavy atom. The lowest BCUT2D eigenvalue weighted by atomic mass is 9.97. The fraction of sp³-hybridized carbons (Fsp3) is 0.632. The molecule has 1 aromatic rings. The van der Waals surface area contributed by atoms with E-state index in [1.807, 2.05) is 25.1 Å². The summed E-state index contributed by atoms with van der Waals surface area (Å²) >= 11 is 0. The molecule has 0 saturated carbocycles. The van der Waals surface area contributed by atoms with Gasteiger partial charge in [0.05, 0.1) is 26.2 Å². The Balaban J connectivity index is 2.11. The van der Waals surface area contributed by atoms with E-state index in [4.69, 9.17) is 9.47 Å². The molecule has 28 heavy (non-hydrogen) atoms. The molecule has 1 aliphatic heterocycles. The number of ether oxygens (including phenoxy) is 2. The highest BCUT2D eigenvalue weighted by molar-refractivity contribution is 7.86. The van der Waals surface area contributed by atoms with Crippen LogP contribution in [0.4, 0.5) is 0 Å². The Morgan fingerprint density at radius 2 is 1.96 bits per heavy atom. The summed E-state index contributed by atoms with van der Waals surface area (Å²) in [4.78, 5) is 12.9. The highest BCUT2D eigenvalue weighted by Crippen LogP contribution is 2.31. The zero-order valence-electron chi connectivity index (χ0n) is 17.3. The molecule has 0 spiro atoms. The third kappa shape index (κ3) is 4.95. The van der Waals surface area contributed by atoms with Crippen molar-refractivity contribution in [2.75, 3.05) is 41.4 Å². The topological polar surface area (TPSA) is 88.2 Å². The number of carbonyl (C=O) groups excluding carboxylic acids is 1. The minimum absolute atomic E-state index is 0.125. The molecule has 1 heterocycles. The molecule has 1 fully saturated rings. The first-order chi connectivity index (χ1) is 13.2. The lowest BCUT2D eigenvalue weighted by Crippen LogP contribution is -2.49. The lowest BCUT2D eigenvalue weighted by molar-refractivity contribution is -0.126. The molecule has 0 unspecified atom stereocenters. The summed E-state index contributed by atoms with van der Waals surface area (Å²) < 4.78 is 37.9. The summed E-state index contributed by atoms with van der Waals surface area (Å²) in [5.74, 6) is 0.746. The zero-order valence-corrected chi connectivity index (χ0v) is 18.1. The minimum atomic E-state index is -3.51. The van der Waals surface area contributed by atoms with E-state index in [-0.39, 0.29) is 24.4 Å². The average Bonchev–Trinajstić information content (AvgIpc) is 2.71. The first kappa shape index (κ1) is 22.4. The highest BCUT2D eigenvalue weighted by atomic mass is 32.2. The van der Waals surface area contributed by atoms with Crippen LogP contribution in [0.15, 0.2) is 18.2 Å². The SMILES string of the molecule is CC[C@@H](NC(=O)[C@@H]1CCCN(S(=O)(=O)N(C)C)C1)c1ccc(OC)c(OC)c1. The molecule has 1 N–H and O–H groups in total. The number of rotatable bonds is 8. The van der Waals surface area contributed by atoms with Crippen molar-refractivity contribution in [2.24, 2.45) is 5.92 Å². The van der Waals surface area contributed by atoms with Crippen molar-refractivity contribution in [2.45, 2.75) is 32.2 Å². The van der Waals surface area contributed by atoms with Gasteiger partial charge in [-0.05, 0) is 37.0 Å². The van der Waals surface area contributed by atoms with E-state index < -0.39 is 10.2 Å². The number of nitrogens with one attached hydrogen (secondary N) is 1. The fourth-order valence-corrected chi connectivity index (χ4v) is 4.57. The normalized spacial score (nSPS) is 19.3. The van der Waals surface area contributed by atoms with E-state index in [1.54, 1.807) is 14.2 Å². The van der Waals surface area contributed by atoms with Crippen LogP contribution in [0.5, 0.6) is 11.5 Å². The summed E-state index contributed by atoms with van der Waals surface area (Å²) in [5, 5.41) is 3.07. The molecule has 158 valence electrons. The van der Waals surface area contributed by atoms with Gasteiger partial charge in [-0.1, -0.05) is 13.0 Å². The van der Waals surface area contributed by atoms with Crippen LogP contribution in [0, 0.1) is 5.92 Å². The van der Waals surface area contributed by atoms with Crippen LogP contribution < -0.4 is 14.8 Å². The van der Waals surface area contributed by atoms with Gasteiger partial charge in [0.25, 0.3) is 10.2 Å². The van der Waals surface area contributed by atoms with Gasteiger partial charge >= 0.3 is 0 Å². The van der Waals surface area contributed by atoms with E-state index in [9.17, 15) is 13.2 Å². The van der Waals surface area contributed by atoms with Crippen LogP contribution in [-0.4, -0.2) is 64.3 Å². The van der Waals surface area contributed by atoms with Crippen LogP contribution in [-0.2, 0) is 15.0 Å². The average molecular weight is 414 g/mol. The molecule has 1 amide bonds. The van der Waals surface area contributed by atoms with E-state index in [0.717, 1.165) is 5.56 Å². The Kier molecular flexibility index (Phi) is 7.68. The number of amides is 1. The summed E-state index contributed by atoms with van der Waals surface area (Å²) in [6, 6.07) is 5.39. The predicted octanol–water partition coefficient (Wildman–Crippen LogP) is 1.79. The van der Waals surface area contributed by atoms with Gasteiger partial charge in [-0.25, -0.2) is 0 Å². The first-order valence-corrected chi connectivity index (χ1v) is 10.8. The van der Waals surface area contributed by atoms with Crippen LogP contribution in [0.2, 0.25) is 0 Å². The van der Waals surface area contributed by atoms with Gasteiger partial charge in [-0.2, -0.15) is 17.0 Å². The maximum Gasteiger partial charge on any atom is 0.281 e. The van der Waals surface area contributed by atoms with Gasteiger partial charge in [-0.3, -0.25) is 4.79 Å². The molecule has 0 aromatic heterocycles. The number of piperidine rings is 1. The molecule has 0 bridgehead atoms. The van der Waals surface area contributed by atoms with Crippen molar-refractivity contribution in [3.05, 3.63) is 23.8 Å². The third-order valence-corrected chi connectivity index (χ3v) is 6.98. The number of hydrogen-bond donors (Lipinski definition) is 1. The molecular formula is C19H31N3O5S. The van der Waals surface area contributed by atoms with Crippen molar-refractivity contribution in [3.63, 3.8) is 0 Å². The highest BCUT2D eigenvalue weighted by Gasteiger charge is 2.34. The molecule has 2 rings (SSSR count). The smallest absolute Gasteiger partial charge is 0.281 e. The van der Waals surface area contributed by atoms with Crippen LogP contribution in [0.3, 0.4) is 0 Å². The Bertz CT molecular complexity index is 782. The number of methoxy groups -OCH3 is 2. The van der Waals surface area contributed by atoms with Crippen molar-refractivity contribution in [3.8, 4) is 11.5 Å². The molecule has 2 atom stereocenters. The van der Waals surface area contributed by atoms with E-state index in [2.05, 4.69) is 5.32 Å². The molecule has 0 radical (unpaired) electrons. The van der Waals surface area contributed by atoms with Crippen molar-refractivity contribution < 1.29 is 22.7 Å². The second-order valence-corrected chi connectivity index (χ2v) is 9.21. The number of benzene rings is 1. The van der Waals surface area contributed by atoms with Gasteiger partial charge in [-0.15, -0.1) is 0 Å². The van der Waals surface area contributed by atoms with Crippen molar-refractivity contribution >= 4 is 16.1 Å². The minimum Gasteiger partial charge on any atom is -0.493 e. The first-order valence-electron chi connectivity index (χ1n) is 9.44. The lowest BCUT2D eigenvalue weighted by Gasteiger charge is -2.33. The monoisotopic (exact) mass is 413 g/mol. The molecular weight excluding hydrogens is 382 g/mol. The molecule has 1 aliphatic rings. The van der Waals surface area contributed by atoms with Gasteiger partial charge in [0.2, 0.25) is 5.91 Å². The van der Waals surface area contributed by atoms with Crippen LogP contribution >= 0.6 is 0 Å². The van der Waals surface area contributed by atoms with E-state index in [0.29, 0.717) is 37.3 Å². The quantitative estimate of drug-likeness (QED) is 0.702. The summed E-state index contributed by atoms with van der Waals surface area (Å²) in [6.07, 6.45) is 2.04. The van der Waals surface area contributed by atoms with E-state index in [1.165, 1.54) is 22.7 Å². The Hall–Kier alpha value is -1.84. The second kappa shape index (κ2) is 9.58. The second-order valence-electron chi connectivity index (χ2n) is 7.07. The fourth-order valence-electron chi connectivity index (χ4n) is 3.38. The number of nitrogens with zero attached hydrogens (tertiary/aromatic N) is 2. The summed E-state index contributed by atoms with van der Waals surface area (Å²) in [7, 11) is 2.64. The summed E-state index contributed by atoms with van der Waals surface area (Å²) in [5.41, 5.74) is 0.919. The predicted molar refractivity (Wildman–Crippen MR) is 108 cm³/mol. The molecule has 1 saturated heterocycles. The molecule has 0 aliphatic carbocycles. The molecule has 9 heteroatoms. The van der Waals surface area contributed by atoms with Crippen LogP contribution in [0.25, 0.3) is 0 Å². The van der Waals surface area contributed by atoms with E-state index >= 15 is 0 Å². The summed E-state index contributed by atoms with van der Waals surface area (Å²) in [6.45, 7) is 2.64. The maximum absolute atomic E-state index is 12.9. The van der Waals surface area contributed by atoms with Gasteiger partial charge in [0.1, 0.15) is 0 Å². The van der Waals surface area contributed by atoms with Crippen molar-refractivity contribution in [1.82, 2.24) is 13.9 Å². The standard InChI is InChI=1S/C19H31N3O5S/c1-6-16(14-9-10-17(26-4)18(12-14)27-5)20-19(23)15-8-7-11-22(13-15)28(24,25)21(2)3/h9-10,12,15-16H,6-8,11,13H2,1-5H3,(H,20,23)/t15-,16-/m1/s1.